The quantitative estimate of drug-likeness (QED) is 0.857. The van der Waals surface area contributed by atoms with Gasteiger partial charge in [0.2, 0.25) is 10.0 Å². The highest BCUT2D eigenvalue weighted by Crippen LogP contribution is 2.30. The first-order valence-electron chi connectivity index (χ1n) is 7.52. The van der Waals surface area contributed by atoms with Crippen LogP contribution < -0.4 is 10.0 Å². The van der Waals surface area contributed by atoms with Crippen LogP contribution in [0.4, 0.5) is 18.9 Å². The first kappa shape index (κ1) is 18.1. The molecule has 1 aliphatic carbocycles. The summed E-state index contributed by atoms with van der Waals surface area (Å²) in [4.78, 5) is 0. The Bertz CT molecular complexity index is 607. The molecule has 0 heterocycles. The van der Waals surface area contributed by atoms with Gasteiger partial charge in [-0.05, 0) is 55.9 Å². The fourth-order valence-electron chi connectivity index (χ4n) is 2.83. The lowest BCUT2D eigenvalue weighted by Gasteiger charge is -2.28. The molecule has 0 radical (unpaired) electrons. The van der Waals surface area contributed by atoms with Gasteiger partial charge < -0.3 is 5.32 Å². The number of alkyl halides is 3. The van der Waals surface area contributed by atoms with Crippen LogP contribution in [0.3, 0.4) is 0 Å². The molecular weight excluding hydrogens is 329 g/mol. The van der Waals surface area contributed by atoms with Crippen molar-refractivity contribution < 1.29 is 21.6 Å². The molecule has 0 bridgehead atoms. The summed E-state index contributed by atoms with van der Waals surface area (Å²) in [5.74, 6) is 0.398. The molecule has 4 nitrogen and oxygen atoms in total. The fourth-order valence-corrected chi connectivity index (χ4v) is 3.67. The molecule has 2 N–H and O–H groups in total. The SMILES string of the molecule is CS(=O)(=O)NC1CCC(CNc2ccc(C(F)(F)F)cc2)CC1. The minimum absolute atomic E-state index is 0.00711. The van der Waals surface area contributed by atoms with E-state index in [1.54, 1.807) is 0 Å². The number of halogens is 3. The second kappa shape index (κ2) is 7.09. The van der Waals surface area contributed by atoms with Crippen LogP contribution >= 0.6 is 0 Å². The molecule has 23 heavy (non-hydrogen) atoms. The lowest BCUT2D eigenvalue weighted by atomic mass is 9.86. The van der Waals surface area contributed by atoms with Crippen LogP contribution in [0.5, 0.6) is 0 Å². The van der Waals surface area contributed by atoms with Crippen molar-refractivity contribution in [3.8, 4) is 0 Å². The van der Waals surface area contributed by atoms with Crippen LogP contribution in [0.2, 0.25) is 0 Å². The standard InChI is InChI=1S/C15H21F3N2O2S/c1-23(21,22)20-14-6-2-11(3-7-14)10-19-13-8-4-12(5-9-13)15(16,17)18/h4-5,8-9,11,14,19-20H,2-3,6-7,10H2,1H3. The summed E-state index contributed by atoms with van der Waals surface area (Å²) >= 11 is 0. The van der Waals surface area contributed by atoms with Crippen molar-refractivity contribution in [3.63, 3.8) is 0 Å². The molecule has 1 saturated carbocycles. The Kier molecular flexibility index (Phi) is 5.57. The van der Waals surface area contributed by atoms with Crippen LogP contribution in [0.15, 0.2) is 24.3 Å². The van der Waals surface area contributed by atoms with Crippen molar-refractivity contribution in [1.29, 1.82) is 0 Å². The maximum Gasteiger partial charge on any atom is 0.416 e. The smallest absolute Gasteiger partial charge is 0.385 e. The van der Waals surface area contributed by atoms with E-state index in [-0.39, 0.29) is 6.04 Å². The van der Waals surface area contributed by atoms with E-state index >= 15 is 0 Å². The fraction of sp³-hybridized carbons (Fsp3) is 0.600. The number of anilines is 1. The molecule has 0 aromatic heterocycles. The molecule has 0 unspecified atom stereocenters. The molecule has 0 aliphatic heterocycles. The van der Waals surface area contributed by atoms with Gasteiger partial charge in [-0.3, -0.25) is 0 Å². The summed E-state index contributed by atoms with van der Waals surface area (Å²) in [7, 11) is -3.17. The highest BCUT2D eigenvalue weighted by atomic mass is 32.2. The lowest BCUT2D eigenvalue weighted by molar-refractivity contribution is -0.137. The van der Waals surface area contributed by atoms with Crippen LogP contribution in [0.1, 0.15) is 31.2 Å². The van der Waals surface area contributed by atoms with Gasteiger partial charge in [0.1, 0.15) is 0 Å². The number of hydrogen-bond donors (Lipinski definition) is 2. The molecule has 130 valence electrons. The van der Waals surface area contributed by atoms with Crippen LogP contribution in [0.25, 0.3) is 0 Å². The van der Waals surface area contributed by atoms with Crippen LogP contribution in [-0.4, -0.2) is 27.3 Å². The van der Waals surface area contributed by atoms with Gasteiger partial charge in [0.15, 0.2) is 0 Å². The maximum absolute atomic E-state index is 12.5. The lowest BCUT2D eigenvalue weighted by Crippen LogP contribution is -2.37. The zero-order valence-corrected chi connectivity index (χ0v) is 13.7. The first-order chi connectivity index (χ1) is 10.6. The van der Waals surface area contributed by atoms with Crippen molar-refractivity contribution in [2.45, 2.75) is 37.9 Å². The van der Waals surface area contributed by atoms with Crippen molar-refractivity contribution in [2.75, 3.05) is 18.1 Å². The molecule has 1 aromatic carbocycles. The zero-order valence-electron chi connectivity index (χ0n) is 12.9. The number of rotatable bonds is 5. The van der Waals surface area contributed by atoms with Crippen LogP contribution in [-0.2, 0) is 16.2 Å². The van der Waals surface area contributed by atoms with Crippen molar-refractivity contribution in [1.82, 2.24) is 4.72 Å². The second-order valence-electron chi connectivity index (χ2n) is 6.06. The molecule has 0 saturated heterocycles. The van der Waals surface area contributed by atoms with E-state index in [2.05, 4.69) is 10.0 Å². The molecule has 2 rings (SSSR count). The van der Waals surface area contributed by atoms with E-state index in [4.69, 9.17) is 0 Å². The largest absolute Gasteiger partial charge is 0.416 e. The Morgan fingerprint density at radius 1 is 1.09 bits per heavy atom. The van der Waals surface area contributed by atoms with Gasteiger partial charge in [0.05, 0.1) is 11.8 Å². The topological polar surface area (TPSA) is 58.2 Å². The highest BCUT2D eigenvalue weighted by molar-refractivity contribution is 7.88. The Balaban J connectivity index is 1.77. The third-order valence-electron chi connectivity index (χ3n) is 4.03. The van der Waals surface area contributed by atoms with E-state index in [0.29, 0.717) is 18.2 Å². The second-order valence-corrected chi connectivity index (χ2v) is 7.84. The molecule has 0 amide bonds. The van der Waals surface area contributed by atoms with E-state index in [1.807, 2.05) is 0 Å². The Labute approximate surface area is 134 Å². The summed E-state index contributed by atoms with van der Waals surface area (Å²) in [6, 6.07) is 4.98. The van der Waals surface area contributed by atoms with Gasteiger partial charge in [-0.1, -0.05) is 0 Å². The molecule has 1 aromatic rings. The number of sulfonamides is 1. The van der Waals surface area contributed by atoms with E-state index in [9.17, 15) is 21.6 Å². The average molecular weight is 350 g/mol. The van der Waals surface area contributed by atoms with Gasteiger partial charge >= 0.3 is 6.18 Å². The Hall–Kier alpha value is -1.28. The van der Waals surface area contributed by atoms with E-state index < -0.39 is 21.8 Å². The number of benzene rings is 1. The van der Waals surface area contributed by atoms with E-state index in [1.165, 1.54) is 12.1 Å². The summed E-state index contributed by atoms with van der Waals surface area (Å²) in [6.07, 6.45) is 0.190. The maximum atomic E-state index is 12.5. The minimum atomic E-state index is -4.32. The molecular formula is C15H21F3N2O2S. The zero-order chi connectivity index (χ0) is 17.1. The van der Waals surface area contributed by atoms with Gasteiger partial charge in [-0.15, -0.1) is 0 Å². The molecule has 8 heteroatoms. The third-order valence-corrected chi connectivity index (χ3v) is 4.80. The number of nitrogens with one attached hydrogen (secondary N) is 2. The number of hydrogen-bond acceptors (Lipinski definition) is 3. The van der Waals surface area contributed by atoms with E-state index in [0.717, 1.165) is 44.1 Å². The summed E-state index contributed by atoms with van der Waals surface area (Å²) < 4.78 is 62.4. The first-order valence-corrected chi connectivity index (χ1v) is 9.41. The predicted molar refractivity (Wildman–Crippen MR) is 83.7 cm³/mol. The van der Waals surface area contributed by atoms with Gasteiger partial charge in [0, 0.05) is 18.3 Å². The van der Waals surface area contributed by atoms with Gasteiger partial charge in [0.25, 0.3) is 0 Å². The Morgan fingerprint density at radius 3 is 2.13 bits per heavy atom. The average Bonchev–Trinajstić information content (AvgIpc) is 2.44. The van der Waals surface area contributed by atoms with Crippen LogP contribution in [0, 0.1) is 5.92 Å². The van der Waals surface area contributed by atoms with Crippen molar-refractivity contribution >= 4 is 15.7 Å². The van der Waals surface area contributed by atoms with Crippen molar-refractivity contribution in [3.05, 3.63) is 29.8 Å². The minimum Gasteiger partial charge on any atom is -0.385 e. The molecule has 1 aliphatic rings. The summed E-state index contributed by atoms with van der Waals surface area (Å²) in [5, 5.41) is 3.15. The van der Waals surface area contributed by atoms with Crippen molar-refractivity contribution in [2.24, 2.45) is 5.92 Å². The summed E-state index contributed by atoms with van der Waals surface area (Å²) in [5.41, 5.74) is 0.00444. The van der Waals surface area contributed by atoms with Gasteiger partial charge in [-0.25, -0.2) is 13.1 Å². The van der Waals surface area contributed by atoms with Gasteiger partial charge in [-0.2, -0.15) is 13.2 Å². The Morgan fingerprint density at radius 2 is 1.65 bits per heavy atom. The third kappa shape index (κ3) is 6.02. The molecule has 0 atom stereocenters. The monoisotopic (exact) mass is 350 g/mol. The predicted octanol–water partition coefficient (Wildman–Crippen LogP) is 3.23. The normalized spacial score (nSPS) is 22.8. The summed E-state index contributed by atoms with van der Waals surface area (Å²) in [6.45, 7) is 0.678. The molecule has 0 spiro atoms. The molecule has 1 fully saturated rings. The highest BCUT2D eigenvalue weighted by Gasteiger charge is 2.30.